The molecule has 0 radical (unpaired) electrons. The first-order valence-electron chi connectivity index (χ1n) is 10.9. The molecule has 0 spiro atoms. The monoisotopic (exact) mass is 448 g/mol. The molecule has 0 aromatic heterocycles. The quantitative estimate of drug-likeness (QED) is 0.679. The molecule has 31 heavy (non-hydrogen) atoms. The first-order chi connectivity index (χ1) is 14.9. The Kier molecular flexibility index (Phi) is 8.08. The Bertz CT molecular complexity index is 977. The fraction of sp³-hybridized carbons (Fsp3) is 0.500. The minimum Gasteiger partial charge on any atom is -0.497 e. The molecule has 170 valence electrons. The molecule has 5 nitrogen and oxygen atoms in total. The van der Waals surface area contributed by atoms with E-state index in [1.165, 1.54) is 24.2 Å². The van der Waals surface area contributed by atoms with Crippen molar-refractivity contribution in [3.8, 4) is 5.75 Å². The van der Waals surface area contributed by atoms with Gasteiger partial charge in [-0.2, -0.15) is 0 Å². The van der Waals surface area contributed by atoms with Gasteiger partial charge in [-0.25, -0.2) is 17.5 Å². The van der Waals surface area contributed by atoms with Crippen molar-refractivity contribution in [3.05, 3.63) is 65.0 Å². The van der Waals surface area contributed by atoms with E-state index in [4.69, 9.17) is 4.74 Å². The molecule has 1 saturated carbocycles. The Balaban J connectivity index is 0.000000254. The predicted octanol–water partition coefficient (Wildman–Crippen LogP) is 3.64. The topological polar surface area (TPSA) is 67.4 Å². The predicted molar refractivity (Wildman–Crippen MR) is 123 cm³/mol. The summed E-state index contributed by atoms with van der Waals surface area (Å²) in [6, 6.07) is 13.3. The fourth-order valence-electron chi connectivity index (χ4n) is 4.43. The highest BCUT2D eigenvalue weighted by Crippen LogP contribution is 2.41. The number of ether oxygens (including phenoxy) is 1. The van der Waals surface area contributed by atoms with Crippen LogP contribution in [0.1, 0.15) is 41.9 Å². The summed E-state index contributed by atoms with van der Waals surface area (Å²) in [6.45, 7) is 0.969. The van der Waals surface area contributed by atoms with E-state index in [1.54, 1.807) is 19.2 Å². The highest BCUT2D eigenvalue weighted by Gasteiger charge is 2.32. The van der Waals surface area contributed by atoms with Crippen molar-refractivity contribution in [2.75, 3.05) is 27.7 Å². The Morgan fingerprint density at radius 1 is 1.13 bits per heavy atom. The van der Waals surface area contributed by atoms with Crippen LogP contribution < -0.4 is 14.8 Å². The van der Waals surface area contributed by atoms with Crippen molar-refractivity contribution in [2.45, 2.75) is 43.3 Å². The van der Waals surface area contributed by atoms with E-state index in [-0.39, 0.29) is 11.1 Å². The second kappa shape index (κ2) is 10.6. The summed E-state index contributed by atoms with van der Waals surface area (Å²) in [5.74, 6) is 1.68. The SMILES string of the molecule is CNCC1Cc2ccc(OC)cc2C1Cc1cccc(F)c1.CNS(=O)(=O)C1CCC1. The summed E-state index contributed by atoms with van der Waals surface area (Å²) >= 11 is 0. The van der Waals surface area contributed by atoms with Gasteiger partial charge in [-0.15, -0.1) is 0 Å². The van der Waals surface area contributed by atoms with Gasteiger partial charge in [0.15, 0.2) is 0 Å². The van der Waals surface area contributed by atoms with Crippen LogP contribution in [-0.4, -0.2) is 41.4 Å². The standard InChI is InChI=1S/C19H22FNO.C5H11NO2S/c1-21-12-15-10-14-6-7-17(22-2)11-19(14)18(15)9-13-4-3-5-16(20)8-13;1-6-9(7,8)5-3-2-4-5/h3-8,11,15,18,21H,9-10,12H2,1-2H3;5-6H,2-4H2,1H3. The zero-order valence-electron chi connectivity index (χ0n) is 18.5. The minimum absolute atomic E-state index is 0.0949. The molecule has 2 atom stereocenters. The molecule has 2 aromatic rings. The van der Waals surface area contributed by atoms with Crippen LogP contribution in [0, 0.1) is 11.7 Å². The van der Waals surface area contributed by atoms with Gasteiger partial charge in [0, 0.05) is 0 Å². The first kappa shape index (κ1) is 23.7. The second-order valence-electron chi connectivity index (χ2n) is 8.33. The third-order valence-corrected chi connectivity index (χ3v) is 8.31. The Morgan fingerprint density at radius 2 is 1.90 bits per heavy atom. The molecular weight excluding hydrogens is 415 g/mol. The third kappa shape index (κ3) is 5.84. The molecule has 0 heterocycles. The lowest BCUT2D eigenvalue weighted by atomic mass is 9.86. The number of sulfonamides is 1. The van der Waals surface area contributed by atoms with Gasteiger partial charge in [-0.1, -0.05) is 24.6 Å². The van der Waals surface area contributed by atoms with Gasteiger partial charge in [0.2, 0.25) is 10.0 Å². The van der Waals surface area contributed by atoms with E-state index in [9.17, 15) is 12.8 Å². The van der Waals surface area contributed by atoms with Crippen molar-refractivity contribution in [1.29, 1.82) is 0 Å². The maximum absolute atomic E-state index is 13.5. The number of halogens is 1. The van der Waals surface area contributed by atoms with E-state index in [1.807, 2.05) is 19.2 Å². The molecule has 4 rings (SSSR count). The van der Waals surface area contributed by atoms with Crippen LogP contribution in [0.2, 0.25) is 0 Å². The van der Waals surface area contributed by atoms with Gasteiger partial charge in [0.25, 0.3) is 0 Å². The maximum atomic E-state index is 13.5. The molecule has 0 amide bonds. The lowest BCUT2D eigenvalue weighted by molar-refractivity contribution is 0.411. The van der Waals surface area contributed by atoms with Crippen LogP contribution in [0.4, 0.5) is 4.39 Å². The zero-order chi connectivity index (χ0) is 22.4. The van der Waals surface area contributed by atoms with E-state index >= 15 is 0 Å². The molecule has 2 aliphatic carbocycles. The molecule has 0 bridgehead atoms. The van der Waals surface area contributed by atoms with Crippen molar-refractivity contribution < 1.29 is 17.5 Å². The van der Waals surface area contributed by atoms with Gasteiger partial charge in [-0.05, 0) is 99.1 Å². The number of benzene rings is 2. The van der Waals surface area contributed by atoms with Gasteiger partial charge >= 0.3 is 0 Å². The maximum Gasteiger partial charge on any atom is 0.214 e. The molecule has 0 saturated heterocycles. The highest BCUT2D eigenvalue weighted by molar-refractivity contribution is 7.90. The van der Waals surface area contributed by atoms with E-state index in [0.717, 1.165) is 50.0 Å². The number of nitrogens with one attached hydrogen (secondary N) is 2. The average Bonchev–Trinajstić information content (AvgIpc) is 3.03. The van der Waals surface area contributed by atoms with Gasteiger partial charge in [0.1, 0.15) is 11.6 Å². The van der Waals surface area contributed by atoms with Crippen LogP contribution in [0.15, 0.2) is 42.5 Å². The molecule has 2 aliphatic rings. The molecule has 2 N–H and O–H groups in total. The van der Waals surface area contributed by atoms with E-state index in [2.05, 4.69) is 22.2 Å². The van der Waals surface area contributed by atoms with Crippen LogP contribution in [0.3, 0.4) is 0 Å². The number of methoxy groups -OCH3 is 1. The minimum atomic E-state index is -2.91. The highest BCUT2D eigenvalue weighted by atomic mass is 32.2. The Labute approximate surface area is 185 Å². The summed E-state index contributed by atoms with van der Waals surface area (Å²) in [5, 5.41) is 3.20. The van der Waals surface area contributed by atoms with E-state index in [0.29, 0.717) is 11.8 Å². The molecule has 0 aliphatic heterocycles. The van der Waals surface area contributed by atoms with Gasteiger partial charge < -0.3 is 10.1 Å². The molecule has 2 unspecified atom stereocenters. The van der Waals surface area contributed by atoms with Crippen molar-refractivity contribution in [2.24, 2.45) is 5.92 Å². The third-order valence-electron chi connectivity index (χ3n) is 6.39. The average molecular weight is 449 g/mol. The molecule has 1 fully saturated rings. The number of fused-ring (bicyclic) bond motifs is 1. The summed E-state index contributed by atoms with van der Waals surface area (Å²) in [6.07, 6.45) is 4.67. The zero-order valence-corrected chi connectivity index (χ0v) is 19.3. The van der Waals surface area contributed by atoms with Crippen molar-refractivity contribution in [1.82, 2.24) is 10.0 Å². The lowest BCUT2D eigenvalue weighted by Gasteiger charge is -2.24. The summed E-state index contributed by atoms with van der Waals surface area (Å²) < 4.78 is 42.9. The fourth-order valence-corrected chi connectivity index (χ4v) is 5.72. The molecule has 7 heteroatoms. The van der Waals surface area contributed by atoms with Crippen molar-refractivity contribution in [3.63, 3.8) is 0 Å². The van der Waals surface area contributed by atoms with Gasteiger partial charge in [-0.3, -0.25) is 0 Å². The van der Waals surface area contributed by atoms with Crippen LogP contribution in [0.5, 0.6) is 5.75 Å². The first-order valence-corrected chi connectivity index (χ1v) is 12.4. The number of hydrogen-bond donors (Lipinski definition) is 2. The van der Waals surface area contributed by atoms with E-state index < -0.39 is 10.0 Å². The van der Waals surface area contributed by atoms with Crippen LogP contribution >= 0.6 is 0 Å². The van der Waals surface area contributed by atoms with Gasteiger partial charge in [0.05, 0.1) is 12.4 Å². The van der Waals surface area contributed by atoms with Crippen LogP contribution in [0.25, 0.3) is 0 Å². The lowest BCUT2D eigenvalue weighted by Crippen LogP contribution is -2.36. The number of rotatable bonds is 7. The number of hydrogen-bond acceptors (Lipinski definition) is 4. The smallest absolute Gasteiger partial charge is 0.214 e. The largest absolute Gasteiger partial charge is 0.497 e. The normalized spacial score (nSPS) is 20.4. The summed E-state index contributed by atoms with van der Waals surface area (Å²) in [5.41, 5.74) is 3.80. The Hall–Kier alpha value is -1.96. The second-order valence-corrected chi connectivity index (χ2v) is 10.5. The molecular formula is C24H33FN2O3S. The molecule has 2 aromatic carbocycles. The summed E-state index contributed by atoms with van der Waals surface area (Å²) in [4.78, 5) is 0. The Morgan fingerprint density at radius 3 is 2.45 bits per heavy atom. The summed E-state index contributed by atoms with van der Waals surface area (Å²) in [7, 11) is 2.24. The van der Waals surface area contributed by atoms with Crippen LogP contribution in [-0.2, 0) is 22.9 Å². The van der Waals surface area contributed by atoms with Crippen molar-refractivity contribution >= 4 is 10.0 Å².